The second kappa shape index (κ2) is 9.59. The molecule has 1 aromatic heterocycles. The Labute approximate surface area is 173 Å². The molecule has 5 nitrogen and oxygen atoms in total. The van der Waals surface area contributed by atoms with E-state index >= 15 is 0 Å². The van der Waals surface area contributed by atoms with E-state index in [1.807, 2.05) is 0 Å². The summed E-state index contributed by atoms with van der Waals surface area (Å²) in [6.07, 6.45) is -0.148. The number of nitrogens with zero attached hydrogens (tertiary/aromatic N) is 3. The minimum Gasteiger partial charge on any atom is -0.332 e. The molecule has 1 aliphatic heterocycles. The fourth-order valence-electron chi connectivity index (χ4n) is 3.61. The summed E-state index contributed by atoms with van der Waals surface area (Å²) < 4.78 is 53.0. The third-order valence-electron chi connectivity index (χ3n) is 5.34. The lowest BCUT2D eigenvalue weighted by Crippen LogP contribution is -2.39. The van der Waals surface area contributed by atoms with Crippen molar-refractivity contribution in [2.75, 3.05) is 26.2 Å². The molecule has 0 bridgehead atoms. The van der Waals surface area contributed by atoms with Gasteiger partial charge in [-0.15, -0.1) is 0 Å². The maximum absolute atomic E-state index is 14.4. The van der Waals surface area contributed by atoms with E-state index in [0.717, 1.165) is 31.5 Å². The zero-order chi connectivity index (χ0) is 21.7. The van der Waals surface area contributed by atoms with E-state index < -0.39 is 23.6 Å². The molecule has 30 heavy (non-hydrogen) atoms. The molecule has 0 aliphatic carbocycles. The molecule has 0 unspecified atom stereocenters. The molecule has 1 N–H and O–H groups in total. The van der Waals surface area contributed by atoms with Crippen molar-refractivity contribution in [2.24, 2.45) is 0 Å². The second-order valence-electron chi connectivity index (χ2n) is 7.74. The van der Waals surface area contributed by atoms with Gasteiger partial charge in [0.1, 0.15) is 11.5 Å². The van der Waals surface area contributed by atoms with Crippen LogP contribution in [0.25, 0.3) is 0 Å². The van der Waals surface area contributed by atoms with Gasteiger partial charge in [-0.1, -0.05) is 25.0 Å². The number of H-pyrrole nitrogens is 1. The van der Waals surface area contributed by atoms with Gasteiger partial charge in [-0.25, -0.2) is 4.39 Å². The lowest BCUT2D eigenvalue weighted by molar-refractivity contribution is -0.141. The molecular formula is C21H26F4N4O. The second-order valence-corrected chi connectivity index (χ2v) is 7.74. The van der Waals surface area contributed by atoms with Crippen molar-refractivity contribution in [3.8, 4) is 0 Å². The highest BCUT2D eigenvalue weighted by Crippen LogP contribution is 2.28. The van der Waals surface area contributed by atoms with Crippen molar-refractivity contribution in [1.29, 1.82) is 0 Å². The molecule has 2 heterocycles. The number of carbonyl (C=O) groups excluding carboxylic acids is 1. The Morgan fingerprint density at radius 1 is 1.17 bits per heavy atom. The molecule has 0 spiro atoms. The van der Waals surface area contributed by atoms with Crippen LogP contribution in [0, 0.1) is 12.7 Å². The van der Waals surface area contributed by atoms with Crippen molar-refractivity contribution < 1.29 is 22.4 Å². The zero-order valence-electron chi connectivity index (χ0n) is 16.9. The van der Waals surface area contributed by atoms with Gasteiger partial charge in [0.2, 0.25) is 0 Å². The SMILES string of the molecule is Cc1ccc(CN(CCN2CCCCCC2)C(=O)c2cc(C(F)(F)F)n[nH]2)c(F)c1. The maximum Gasteiger partial charge on any atom is 0.435 e. The van der Waals surface area contributed by atoms with Crippen molar-refractivity contribution in [2.45, 2.75) is 45.3 Å². The number of halogens is 4. The number of benzene rings is 1. The number of carbonyl (C=O) groups is 1. The van der Waals surface area contributed by atoms with Crippen LogP contribution >= 0.6 is 0 Å². The lowest BCUT2D eigenvalue weighted by Gasteiger charge is -2.27. The number of rotatable bonds is 6. The van der Waals surface area contributed by atoms with Gasteiger partial charge in [0, 0.05) is 31.3 Å². The number of hydrogen-bond acceptors (Lipinski definition) is 3. The summed E-state index contributed by atoms with van der Waals surface area (Å²) in [6, 6.07) is 5.43. The van der Waals surface area contributed by atoms with Crippen LogP contribution in [-0.2, 0) is 12.7 Å². The van der Waals surface area contributed by atoms with E-state index in [2.05, 4.69) is 15.1 Å². The topological polar surface area (TPSA) is 52.2 Å². The highest BCUT2D eigenvalue weighted by atomic mass is 19.4. The molecule has 0 radical (unpaired) electrons. The Morgan fingerprint density at radius 3 is 2.47 bits per heavy atom. The molecule has 0 atom stereocenters. The summed E-state index contributed by atoms with van der Waals surface area (Å²) in [5.74, 6) is -1.07. The van der Waals surface area contributed by atoms with E-state index in [0.29, 0.717) is 18.2 Å². The molecule has 3 rings (SSSR count). The average molecular weight is 426 g/mol. The standard InChI is InChI=1S/C21H26F4N4O/c1-15-6-7-16(17(22)12-15)14-29(11-10-28-8-4-2-3-5-9-28)20(30)18-13-19(27-26-18)21(23,24)25/h6-7,12-13H,2-5,8-11,14H2,1H3,(H,26,27). The predicted molar refractivity (Wildman–Crippen MR) is 104 cm³/mol. The summed E-state index contributed by atoms with van der Waals surface area (Å²) in [5.41, 5.74) is -0.340. The zero-order valence-corrected chi connectivity index (χ0v) is 16.9. The number of nitrogens with one attached hydrogen (secondary N) is 1. The average Bonchev–Trinajstić information content (AvgIpc) is 3.05. The van der Waals surface area contributed by atoms with E-state index in [-0.39, 0.29) is 18.8 Å². The fourth-order valence-corrected chi connectivity index (χ4v) is 3.61. The normalized spacial score (nSPS) is 15.8. The Morgan fingerprint density at radius 2 is 1.87 bits per heavy atom. The number of hydrogen-bond donors (Lipinski definition) is 1. The van der Waals surface area contributed by atoms with Gasteiger partial charge in [-0.3, -0.25) is 9.89 Å². The number of aromatic nitrogens is 2. The van der Waals surface area contributed by atoms with E-state index in [9.17, 15) is 22.4 Å². The molecule has 1 fully saturated rings. The third kappa shape index (κ3) is 5.81. The molecule has 0 saturated carbocycles. The Balaban J connectivity index is 1.78. The minimum atomic E-state index is -4.64. The van der Waals surface area contributed by atoms with Crippen LogP contribution < -0.4 is 0 Å². The first-order chi connectivity index (χ1) is 14.2. The number of likely N-dealkylation sites (tertiary alicyclic amines) is 1. The lowest BCUT2D eigenvalue weighted by atomic mass is 10.1. The monoisotopic (exact) mass is 426 g/mol. The van der Waals surface area contributed by atoms with Crippen molar-refractivity contribution in [1.82, 2.24) is 20.0 Å². The van der Waals surface area contributed by atoms with Crippen molar-refractivity contribution in [3.63, 3.8) is 0 Å². The van der Waals surface area contributed by atoms with E-state index in [1.165, 1.54) is 23.8 Å². The first kappa shape index (κ1) is 22.3. The molecule has 164 valence electrons. The molecule has 1 amide bonds. The predicted octanol–water partition coefficient (Wildman–Crippen LogP) is 4.39. The van der Waals surface area contributed by atoms with Crippen LogP contribution in [0.4, 0.5) is 17.6 Å². The Hall–Kier alpha value is -2.42. The van der Waals surface area contributed by atoms with Gasteiger partial charge in [0.15, 0.2) is 5.69 Å². The highest BCUT2D eigenvalue weighted by molar-refractivity contribution is 5.92. The van der Waals surface area contributed by atoms with Gasteiger partial charge >= 0.3 is 6.18 Å². The van der Waals surface area contributed by atoms with Gasteiger partial charge in [-0.05, 0) is 44.5 Å². The van der Waals surface area contributed by atoms with E-state index in [1.54, 1.807) is 19.1 Å². The molecule has 1 aliphatic rings. The highest BCUT2D eigenvalue weighted by Gasteiger charge is 2.35. The van der Waals surface area contributed by atoms with E-state index in [4.69, 9.17) is 0 Å². The van der Waals surface area contributed by atoms with Crippen LogP contribution in [0.1, 0.15) is 53.0 Å². The van der Waals surface area contributed by atoms with Gasteiger partial charge in [0.25, 0.3) is 5.91 Å². The Bertz CT molecular complexity index is 857. The van der Waals surface area contributed by atoms with Crippen molar-refractivity contribution in [3.05, 3.63) is 52.6 Å². The molecule has 1 saturated heterocycles. The number of amides is 1. The maximum atomic E-state index is 14.4. The molecular weight excluding hydrogens is 400 g/mol. The summed E-state index contributed by atoms with van der Waals surface area (Å²) in [7, 11) is 0. The summed E-state index contributed by atoms with van der Waals surface area (Å²) >= 11 is 0. The van der Waals surface area contributed by atoms with Crippen molar-refractivity contribution >= 4 is 5.91 Å². The number of alkyl halides is 3. The summed E-state index contributed by atoms with van der Waals surface area (Å²) in [5, 5.41) is 5.39. The fraction of sp³-hybridized carbons (Fsp3) is 0.524. The first-order valence-corrected chi connectivity index (χ1v) is 10.1. The van der Waals surface area contributed by atoms with Crippen LogP contribution in [-0.4, -0.2) is 52.1 Å². The smallest absolute Gasteiger partial charge is 0.332 e. The summed E-state index contributed by atoms with van der Waals surface area (Å²) in [6.45, 7) is 4.44. The van der Waals surface area contributed by atoms with Gasteiger partial charge in [-0.2, -0.15) is 18.3 Å². The van der Waals surface area contributed by atoms with Gasteiger partial charge in [0.05, 0.1) is 0 Å². The van der Waals surface area contributed by atoms with Crippen LogP contribution in [0.5, 0.6) is 0 Å². The molecule has 1 aromatic carbocycles. The Kier molecular flexibility index (Phi) is 7.12. The van der Waals surface area contributed by atoms with Gasteiger partial charge < -0.3 is 9.80 Å². The van der Waals surface area contributed by atoms with Crippen LogP contribution in [0.2, 0.25) is 0 Å². The minimum absolute atomic E-state index is 0.0286. The number of aryl methyl sites for hydroxylation is 1. The molecule has 9 heteroatoms. The molecule has 2 aromatic rings. The van der Waals surface area contributed by atoms with Crippen LogP contribution in [0.3, 0.4) is 0 Å². The third-order valence-corrected chi connectivity index (χ3v) is 5.34. The summed E-state index contributed by atoms with van der Waals surface area (Å²) in [4.78, 5) is 16.6. The number of aromatic amines is 1. The largest absolute Gasteiger partial charge is 0.435 e. The quantitative estimate of drug-likeness (QED) is 0.697. The first-order valence-electron chi connectivity index (χ1n) is 10.1. The van der Waals surface area contributed by atoms with Crippen LogP contribution in [0.15, 0.2) is 24.3 Å².